The number of rotatable bonds is 6. The van der Waals surface area contributed by atoms with Crippen LogP contribution in [0.15, 0.2) is 42.5 Å². The summed E-state index contributed by atoms with van der Waals surface area (Å²) in [6.45, 7) is 1.09. The van der Waals surface area contributed by atoms with Crippen molar-refractivity contribution in [3.8, 4) is 34.8 Å². The lowest BCUT2D eigenvalue weighted by atomic mass is 10.2. The second-order valence-corrected chi connectivity index (χ2v) is 5.40. The predicted octanol–water partition coefficient (Wildman–Crippen LogP) is 3.51. The summed E-state index contributed by atoms with van der Waals surface area (Å²) in [6, 6.07) is 11.4. The summed E-state index contributed by atoms with van der Waals surface area (Å²) in [6.07, 6.45) is 3.90. The summed E-state index contributed by atoms with van der Waals surface area (Å²) >= 11 is 0. The highest BCUT2D eigenvalue weighted by Gasteiger charge is 2.12. The van der Waals surface area contributed by atoms with E-state index in [0.29, 0.717) is 24.7 Å². The van der Waals surface area contributed by atoms with Gasteiger partial charge < -0.3 is 23.7 Å². The summed E-state index contributed by atoms with van der Waals surface area (Å²) in [7, 11) is 3.24. The van der Waals surface area contributed by atoms with Crippen molar-refractivity contribution < 1.29 is 23.7 Å². The van der Waals surface area contributed by atoms with Gasteiger partial charge in [0.05, 0.1) is 20.8 Å². The van der Waals surface area contributed by atoms with Crippen molar-refractivity contribution in [1.29, 1.82) is 0 Å². The molecule has 0 unspecified atom stereocenters. The van der Waals surface area contributed by atoms with E-state index in [1.165, 1.54) is 0 Å². The fourth-order valence-corrected chi connectivity index (χ4v) is 2.43. The largest absolute Gasteiger partial charge is 0.493 e. The minimum absolute atomic E-state index is 0.266. The van der Waals surface area contributed by atoms with Crippen molar-refractivity contribution in [3.05, 3.63) is 53.6 Å². The lowest BCUT2D eigenvalue weighted by Gasteiger charge is -2.07. The first-order chi connectivity index (χ1) is 12.8. The van der Waals surface area contributed by atoms with Crippen molar-refractivity contribution in [3.63, 3.8) is 0 Å². The Morgan fingerprint density at radius 1 is 1.00 bits per heavy atom. The van der Waals surface area contributed by atoms with E-state index in [4.69, 9.17) is 23.7 Å². The monoisotopic (exact) mass is 352 g/mol. The lowest BCUT2D eigenvalue weighted by molar-refractivity contribution is 0.174. The molecule has 0 fully saturated rings. The molecule has 0 radical (unpaired) electrons. The number of hydrogen-bond acceptors (Lipinski definition) is 5. The molecule has 0 aliphatic carbocycles. The molecule has 1 heterocycles. The molecule has 5 nitrogen and oxygen atoms in total. The molecule has 0 spiro atoms. The van der Waals surface area contributed by atoms with Crippen LogP contribution in [-0.2, 0) is 4.74 Å². The summed E-state index contributed by atoms with van der Waals surface area (Å²) in [5.41, 5.74) is 1.89. The summed E-state index contributed by atoms with van der Waals surface area (Å²) in [5, 5.41) is 0. The molecule has 0 N–H and O–H groups in total. The van der Waals surface area contributed by atoms with E-state index in [2.05, 4.69) is 11.8 Å². The van der Waals surface area contributed by atoms with Crippen LogP contribution in [0.2, 0.25) is 0 Å². The van der Waals surface area contributed by atoms with Crippen LogP contribution in [0.5, 0.6) is 23.0 Å². The maximum atomic E-state index is 5.50. The van der Waals surface area contributed by atoms with E-state index in [1.807, 2.05) is 48.6 Å². The SMILES string of the molecule is COc1ccc(/C=C/COCC#Cc2ccc3c(c2)OCO3)cc1OC. The smallest absolute Gasteiger partial charge is 0.231 e. The van der Waals surface area contributed by atoms with Gasteiger partial charge in [0.1, 0.15) is 6.61 Å². The van der Waals surface area contributed by atoms with E-state index in [1.54, 1.807) is 14.2 Å². The lowest BCUT2D eigenvalue weighted by Crippen LogP contribution is -1.92. The Morgan fingerprint density at radius 3 is 2.69 bits per heavy atom. The van der Waals surface area contributed by atoms with Crippen LogP contribution in [0, 0.1) is 11.8 Å². The molecule has 0 saturated heterocycles. The molecule has 26 heavy (non-hydrogen) atoms. The van der Waals surface area contributed by atoms with E-state index >= 15 is 0 Å². The van der Waals surface area contributed by atoms with Crippen molar-refractivity contribution in [2.45, 2.75) is 0 Å². The van der Waals surface area contributed by atoms with Gasteiger partial charge in [0.25, 0.3) is 0 Å². The Morgan fingerprint density at radius 2 is 1.85 bits per heavy atom. The first-order valence-corrected chi connectivity index (χ1v) is 8.15. The molecular formula is C21H20O5. The number of fused-ring (bicyclic) bond motifs is 1. The highest BCUT2D eigenvalue weighted by atomic mass is 16.7. The van der Waals surface area contributed by atoms with E-state index < -0.39 is 0 Å². The molecule has 0 saturated carbocycles. The number of hydrogen-bond donors (Lipinski definition) is 0. The molecule has 3 rings (SSSR count). The Kier molecular flexibility index (Phi) is 6.02. The van der Waals surface area contributed by atoms with Gasteiger partial charge in [0.15, 0.2) is 23.0 Å². The third-order valence-corrected chi connectivity index (χ3v) is 3.71. The van der Waals surface area contributed by atoms with Crippen molar-refractivity contribution in [2.24, 2.45) is 0 Å². The quantitative estimate of drug-likeness (QED) is 0.588. The van der Waals surface area contributed by atoms with E-state index in [-0.39, 0.29) is 6.79 Å². The minimum atomic E-state index is 0.266. The summed E-state index contributed by atoms with van der Waals surface area (Å²) in [4.78, 5) is 0. The van der Waals surface area contributed by atoms with Crippen LogP contribution in [0.1, 0.15) is 11.1 Å². The standard InChI is InChI=1S/C21H20O5/c1-22-18-9-7-16(13-20(18)23-2)5-3-11-24-12-4-6-17-8-10-19-21(14-17)26-15-25-19/h3,5,7-10,13-14H,11-12,15H2,1-2H3/b5-3+. The van der Waals surface area contributed by atoms with Crippen molar-refractivity contribution in [1.82, 2.24) is 0 Å². The van der Waals surface area contributed by atoms with Gasteiger partial charge in [-0.2, -0.15) is 0 Å². The Labute approximate surface area is 153 Å². The molecule has 1 aliphatic heterocycles. The molecule has 0 amide bonds. The van der Waals surface area contributed by atoms with Crippen LogP contribution in [0.4, 0.5) is 0 Å². The molecule has 0 aromatic heterocycles. The number of benzene rings is 2. The number of methoxy groups -OCH3 is 2. The Bertz CT molecular complexity index is 845. The molecule has 0 bridgehead atoms. The van der Waals surface area contributed by atoms with Gasteiger partial charge >= 0.3 is 0 Å². The van der Waals surface area contributed by atoms with Crippen LogP contribution in [0.3, 0.4) is 0 Å². The maximum absolute atomic E-state index is 5.50. The molecule has 2 aromatic carbocycles. The highest BCUT2D eigenvalue weighted by molar-refractivity contribution is 5.56. The normalized spacial score (nSPS) is 11.9. The predicted molar refractivity (Wildman–Crippen MR) is 98.8 cm³/mol. The molecule has 5 heteroatoms. The molecule has 1 aliphatic rings. The van der Waals surface area contributed by atoms with Gasteiger partial charge in [-0.05, 0) is 35.9 Å². The second kappa shape index (κ2) is 8.84. The zero-order valence-corrected chi connectivity index (χ0v) is 14.8. The fourth-order valence-electron chi connectivity index (χ4n) is 2.43. The highest BCUT2D eigenvalue weighted by Crippen LogP contribution is 2.32. The summed E-state index contributed by atoms with van der Waals surface area (Å²) in [5.74, 6) is 8.93. The molecular weight excluding hydrogens is 332 g/mol. The van der Waals surface area contributed by atoms with E-state index in [9.17, 15) is 0 Å². The van der Waals surface area contributed by atoms with Gasteiger partial charge in [-0.3, -0.25) is 0 Å². The zero-order valence-electron chi connectivity index (χ0n) is 14.8. The minimum Gasteiger partial charge on any atom is -0.493 e. The average molecular weight is 352 g/mol. The topological polar surface area (TPSA) is 46.2 Å². The molecule has 2 aromatic rings. The van der Waals surface area contributed by atoms with Gasteiger partial charge in [0.2, 0.25) is 6.79 Å². The zero-order chi connectivity index (χ0) is 18.2. The van der Waals surface area contributed by atoms with Crippen LogP contribution in [-0.4, -0.2) is 34.2 Å². The van der Waals surface area contributed by atoms with Crippen LogP contribution in [0.25, 0.3) is 6.08 Å². The fraction of sp³-hybridized carbons (Fsp3) is 0.238. The average Bonchev–Trinajstić information content (AvgIpc) is 3.14. The first kappa shape index (κ1) is 17.7. The van der Waals surface area contributed by atoms with Gasteiger partial charge in [-0.25, -0.2) is 0 Å². The van der Waals surface area contributed by atoms with E-state index in [0.717, 1.165) is 22.6 Å². The van der Waals surface area contributed by atoms with Gasteiger partial charge in [-0.1, -0.05) is 30.1 Å². The van der Waals surface area contributed by atoms with Gasteiger partial charge in [0, 0.05) is 5.56 Å². The van der Waals surface area contributed by atoms with Crippen LogP contribution < -0.4 is 18.9 Å². The van der Waals surface area contributed by atoms with Gasteiger partial charge in [-0.15, -0.1) is 0 Å². The number of ether oxygens (including phenoxy) is 5. The Hall–Kier alpha value is -3.10. The van der Waals surface area contributed by atoms with Crippen LogP contribution >= 0.6 is 0 Å². The Balaban J connectivity index is 1.45. The van der Waals surface area contributed by atoms with Crippen molar-refractivity contribution in [2.75, 3.05) is 34.2 Å². The third-order valence-electron chi connectivity index (χ3n) is 3.71. The molecule has 134 valence electrons. The van der Waals surface area contributed by atoms with Crippen molar-refractivity contribution >= 4 is 6.08 Å². The summed E-state index contributed by atoms with van der Waals surface area (Å²) < 4.78 is 26.6. The maximum Gasteiger partial charge on any atom is 0.231 e. The second-order valence-electron chi connectivity index (χ2n) is 5.40. The molecule has 0 atom stereocenters. The first-order valence-electron chi connectivity index (χ1n) is 8.15. The third kappa shape index (κ3) is 4.50.